The second-order valence-electron chi connectivity index (χ2n) is 10.6. The average Bonchev–Trinajstić information content (AvgIpc) is 2.95. The number of piperazine rings is 1. The number of benzene rings is 3. The maximum absolute atomic E-state index is 14.7. The number of hydrogen-bond donors (Lipinski definition) is 1. The lowest BCUT2D eigenvalue weighted by Gasteiger charge is -2.56. The Morgan fingerprint density at radius 2 is 1.76 bits per heavy atom. The number of fused-ring (bicyclic) bond motifs is 1. The Morgan fingerprint density at radius 3 is 2.46 bits per heavy atom. The van der Waals surface area contributed by atoms with Crippen molar-refractivity contribution in [2.24, 2.45) is 0 Å². The van der Waals surface area contributed by atoms with Gasteiger partial charge in [-0.3, -0.25) is 19.5 Å². The van der Waals surface area contributed by atoms with E-state index in [2.05, 4.69) is 6.58 Å². The van der Waals surface area contributed by atoms with Crippen molar-refractivity contribution in [1.29, 1.82) is 0 Å². The van der Waals surface area contributed by atoms with Crippen LogP contribution in [0.1, 0.15) is 23.1 Å². The second kappa shape index (κ2) is 12.6. The van der Waals surface area contributed by atoms with E-state index < -0.39 is 17.8 Å². The highest BCUT2D eigenvalue weighted by Gasteiger charge is 2.47. The van der Waals surface area contributed by atoms with E-state index in [4.69, 9.17) is 0 Å². The fourth-order valence-corrected chi connectivity index (χ4v) is 5.81. The summed E-state index contributed by atoms with van der Waals surface area (Å²) in [6.45, 7) is 5.13. The molecule has 2 amide bonds. The van der Waals surface area contributed by atoms with Crippen molar-refractivity contribution in [2.45, 2.75) is 38.0 Å². The molecule has 2 saturated heterocycles. The van der Waals surface area contributed by atoms with Crippen LogP contribution in [0.5, 0.6) is 5.75 Å². The first-order valence-electron chi connectivity index (χ1n) is 13.8. The van der Waals surface area contributed by atoms with Crippen molar-refractivity contribution in [3.63, 3.8) is 0 Å². The van der Waals surface area contributed by atoms with Crippen LogP contribution in [0.25, 0.3) is 0 Å². The molecular weight excluding hydrogens is 526 g/mol. The molecule has 0 radical (unpaired) electrons. The number of nitrogens with zero attached hydrogens (tertiary/aromatic N) is 4. The lowest BCUT2D eigenvalue weighted by molar-refractivity contribution is -0.202. The number of carbonyl (C=O) groups is 2. The Hall–Kier alpha value is -4.08. The number of phenolic OH excluding ortho intramolecular Hbond substituents is 1. The first kappa shape index (κ1) is 28.4. The molecule has 2 heterocycles. The highest BCUT2D eigenvalue weighted by atomic mass is 19.1. The Balaban J connectivity index is 1.46. The number of phenols is 1. The summed E-state index contributed by atoms with van der Waals surface area (Å²) in [4.78, 5) is 31.3. The second-order valence-corrected chi connectivity index (χ2v) is 10.6. The minimum atomic E-state index is -0.644. The molecule has 1 N–H and O–H groups in total. The van der Waals surface area contributed by atoms with Crippen molar-refractivity contribution in [3.8, 4) is 5.75 Å². The quantitative estimate of drug-likeness (QED) is 0.399. The molecule has 5 rings (SSSR count). The third-order valence-electron chi connectivity index (χ3n) is 7.68. The Bertz CT molecular complexity index is 1390. The number of hydrazine groups is 1. The predicted octanol–water partition coefficient (Wildman–Crippen LogP) is 4.13. The van der Waals surface area contributed by atoms with Crippen molar-refractivity contribution in [2.75, 3.05) is 26.2 Å². The van der Waals surface area contributed by atoms with Crippen LogP contribution in [0.15, 0.2) is 85.5 Å². The molecule has 2 atom stereocenters. The van der Waals surface area contributed by atoms with Gasteiger partial charge >= 0.3 is 0 Å². The van der Waals surface area contributed by atoms with Gasteiger partial charge in [-0.1, -0.05) is 54.6 Å². The molecule has 0 aliphatic carbocycles. The van der Waals surface area contributed by atoms with E-state index in [0.29, 0.717) is 38.0 Å². The molecule has 0 aromatic heterocycles. The monoisotopic (exact) mass is 560 g/mol. The molecule has 7 nitrogen and oxygen atoms in total. The van der Waals surface area contributed by atoms with Crippen LogP contribution < -0.4 is 0 Å². The fraction of sp³-hybridized carbons (Fsp3) is 0.312. The lowest BCUT2D eigenvalue weighted by atomic mass is 9.98. The summed E-state index contributed by atoms with van der Waals surface area (Å²) < 4.78 is 28.3. The third kappa shape index (κ3) is 6.64. The van der Waals surface area contributed by atoms with Crippen LogP contribution >= 0.6 is 0 Å². The SMILES string of the molecule is C=CCN1CC(=O)N2[C@@H](Cc3ccc(O)cc3)CN(Cc3ccc(F)cc3F)C[C@H]2N1C(=O)CCc1ccccc1. The van der Waals surface area contributed by atoms with Gasteiger partial charge in [-0.05, 0) is 42.2 Å². The number of amides is 2. The van der Waals surface area contributed by atoms with Gasteiger partial charge in [-0.25, -0.2) is 13.8 Å². The van der Waals surface area contributed by atoms with Crippen LogP contribution in [-0.4, -0.2) is 75.1 Å². The Labute approximate surface area is 238 Å². The zero-order chi connectivity index (χ0) is 28.9. The molecule has 2 fully saturated rings. The van der Waals surface area contributed by atoms with Gasteiger partial charge in [-0.15, -0.1) is 6.58 Å². The minimum Gasteiger partial charge on any atom is -0.508 e. The summed E-state index contributed by atoms with van der Waals surface area (Å²) in [6.07, 6.45) is 2.35. The van der Waals surface area contributed by atoms with Gasteiger partial charge in [0.1, 0.15) is 23.5 Å². The summed E-state index contributed by atoms with van der Waals surface area (Å²) >= 11 is 0. The van der Waals surface area contributed by atoms with Gasteiger partial charge in [0.2, 0.25) is 11.8 Å². The van der Waals surface area contributed by atoms with Crippen molar-refractivity contribution < 1.29 is 23.5 Å². The summed E-state index contributed by atoms with van der Waals surface area (Å²) in [5, 5.41) is 13.2. The molecule has 41 heavy (non-hydrogen) atoms. The van der Waals surface area contributed by atoms with Gasteiger partial charge in [0.05, 0.1) is 12.6 Å². The van der Waals surface area contributed by atoms with E-state index in [9.17, 15) is 23.5 Å². The summed E-state index contributed by atoms with van der Waals surface area (Å²) in [7, 11) is 0. The van der Waals surface area contributed by atoms with Crippen LogP contribution in [0.2, 0.25) is 0 Å². The zero-order valence-electron chi connectivity index (χ0n) is 22.8. The molecule has 9 heteroatoms. The molecule has 0 saturated carbocycles. The van der Waals surface area contributed by atoms with Gasteiger partial charge in [0, 0.05) is 44.2 Å². The number of aryl methyl sites for hydroxylation is 1. The topological polar surface area (TPSA) is 67.3 Å². The Morgan fingerprint density at radius 1 is 1.00 bits per heavy atom. The number of aromatic hydroxyl groups is 1. The smallest absolute Gasteiger partial charge is 0.240 e. The molecule has 214 valence electrons. The van der Waals surface area contributed by atoms with Crippen molar-refractivity contribution in [3.05, 3.63) is 114 Å². The van der Waals surface area contributed by atoms with E-state index in [1.54, 1.807) is 33.1 Å². The van der Waals surface area contributed by atoms with E-state index in [-0.39, 0.29) is 43.1 Å². The van der Waals surface area contributed by atoms with Gasteiger partial charge in [0.25, 0.3) is 0 Å². The van der Waals surface area contributed by atoms with Crippen molar-refractivity contribution >= 4 is 11.8 Å². The van der Waals surface area contributed by atoms with Gasteiger partial charge in [0.15, 0.2) is 0 Å². The van der Waals surface area contributed by atoms with E-state index >= 15 is 0 Å². The molecule has 3 aromatic rings. The number of halogens is 2. The van der Waals surface area contributed by atoms with E-state index in [1.807, 2.05) is 47.4 Å². The summed E-state index contributed by atoms with van der Waals surface area (Å²) in [5.74, 6) is -1.34. The first-order chi connectivity index (χ1) is 19.8. The molecule has 3 aromatic carbocycles. The number of carbonyl (C=O) groups excluding carboxylic acids is 2. The first-order valence-corrected chi connectivity index (χ1v) is 13.8. The average molecular weight is 561 g/mol. The van der Waals surface area contributed by atoms with Gasteiger partial charge < -0.3 is 10.0 Å². The predicted molar refractivity (Wildman–Crippen MR) is 151 cm³/mol. The van der Waals surface area contributed by atoms with E-state index in [0.717, 1.165) is 17.2 Å². The maximum Gasteiger partial charge on any atom is 0.240 e. The molecular formula is C32H34F2N4O3. The normalized spacial score (nSPS) is 19.7. The fourth-order valence-electron chi connectivity index (χ4n) is 5.81. The van der Waals surface area contributed by atoms with Crippen LogP contribution in [0.4, 0.5) is 8.78 Å². The number of rotatable bonds is 9. The lowest BCUT2D eigenvalue weighted by Crippen LogP contribution is -2.74. The van der Waals surface area contributed by atoms with Crippen LogP contribution in [-0.2, 0) is 29.0 Å². The molecule has 0 spiro atoms. The molecule has 0 unspecified atom stereocenters. The Kier molecular flexibility index (Phi) is 8.75. The van der Waals surface area contributed by atoms with Gasteiger partial charge in [-0.2, -0.15) is 0 Å². The highest BCUT2D eigenvalue weighted by Crippen LogP contribution is 2.29. The summed E-state index contributed by atoms with van der Waals surface area (Å²) in [5.41, 5.74) is 2.31. The molecule has 2 aliphatic heterocycles. The highest BCUT2D eigenvalue weighted by molar-refractivity contribution is 5.83. The van der Waals surface area contributed by atoms with Crippen LogP contribution in [0.3, 0.4) is 0 Å². The van der Waals surface area contributed by atoms with Crippen LogP contribution in [0, 0.1) is 11.6 Å². The summed E-state index contributed by atoms with van der Waals surface area (Å²) in [6, 6.07) is 19.8. The maximum atomic E-state index is 14.7. The molecule has 0 bridgehead atoms. The third-order valence-corrected chi connectivity index (χ3v) is 7.68. The zero-order valence-corrected chi connectivity index (χ0v) is 22.8. The minimum absolute atomic E-state index is 0.0399. The number of hydrogen-bond acceptors (Lipinski definition) is 5. The standard InChI is InChI=1S/C32H34F2N4O3/c1-2-16-36-22-32(41)37-27(17-24-8-13-28(39)14-9-24)20-35(19-25-11-12-26(33)18-29(25)34)21-30(37)38(36)31(40)15-10-23-6-4-3-5-7-23/h2-9,11-14,18,27,30,39H,1,10,15-17,19-22H2/t27-,30+/m0/s1. The largest absolute Gasteiger partial charge is 0.508 e. The molecule has 2 aliphatic rings. The van der Waals surface area contributed by atoms with Crippen molar-refractivity contribution in [1.82, 2.24) is 19.8 Å². The van der Waals surface area contributed by atoms with E-state index in [1.165, 1.54) is 12.1 Å².